The summed E-state index contributed by atoms with van der Waals surface area (Å²) in [4.78, 5) is 15.0. The molecular formula is C26H27BrN2O. The summed E-state index contributed by atoms with van der Waals surface area (Å²) in [5, 5.41) is 3.04. The molecule has 0 atom stereocenters. The van der Waals surface area contributed by atoms with E-state index < -0.39 is 0 Å². The topological polar surface area (TPSA) is 32.3 Å². The molecule has 4 heteroatoms. The van der Waals surface area contributed by atoms with Crippen molar-refractivity contribution in [1.82, 2.24) is 0 Å². The Bertz CT molecular complexity index is 966. The normalized spacial score (nSPS) is 14.3. The minimum Gasteiger partial charge on any atom is -0.307 e. The molecule has 3 aromatic rings. The molecule has 0 bridgehead atoms. The number of benzene rings is 3. The number of carbonyl (C=O) groups excluding carboxylic acids is 1. The van der Waals surface area contributed by atoms with Gasteiger partial charge in [-0.25, -0.2) is 4.79 Å². The van der Waals surface area contributed by atoms with Crippen molar-refractivity contribution >= 4 is 33.3 Å². The zero-order valence-corrected chi connectivity index (χ0v) is 18.6. The van der Waals surface area contributed by atoms with Gasteiger partial charge < -0.3 is 5.32 Å². The van der Waals surface area contributed by atoms with Gasteiger partial charge in [-0.2, -0.15) is 0 Å². The van der Waals surface area contributed by atoms with E-state index in [2.05, 4.69) is 57.6 Å². The Morgan fingerprint density at radius 1 is 0.900 bits per heavy atom. The Morgan fingerprint density at radius 2 is 1.63 bits per heavy atom. The molecule has 1 saturated carbocycles. The van der Waals surface area contributed by atoms with Crippen LogP contribution in [0.3, 0.4) is 0 Å². The highest BCUT2D eigenvalue weighted by molar-refractivity contribution is 9.10. The highest BCUT2D eigenvalue weighted by Crippen LogP contribution is 2.33. The third kappa shape index (κ3) is 5.31. The van der Waals surface area contributed by atoms with Crippen molar-refractivity contribution in [1.29, 1.82) is 0 Å². The third-order valence-corrected chi connectivity index (χ3v) is 6.28. The lowest BCUT2D eigenvalue weighted by molar-refractivity contribution is 0.256. The Kier molecular flexibility index (Phi) is 6.85. The van der Waals surface area contributed by atoms with Gasteiger partial charge in [-0.1, -0.05) is 83.7 Å². The molecule has 3 aromatic carbocycles. The highest BCUT2D eigenvalue weighted by Gasteiger charge is 2.19. The van der Waals surface area contributed by atoms with Crippen LogP contribution < -0.4 is 10.2 Å². The standard InChI is InChI=1S/C26H27BrN2O/c27-23-12-7-13-24(18-23)28-26(30)29(19-20-8-3-1-4-9-20)25-16-14-22(15-17-25)21-10-5-2-6-11-21/h1,3-4,7-9,12-18,21H,2,5-6,10-11,19H2,(H,28,30). The fourth-order valence-corrected chi connectivity index (χ4v) is 4.57. The van der Waals surface area contributed by atoms with E-state index in [1.807, 2.05) is 42.5 Å². The monoisotopic (exact) mass is 462 g/mol. The van der Waals surface area contributed by atoms with E-state index in [1.165, 1.54) is 37.7 Å². The number of hydrogen-bond donors (Lipinski definition) is 1. The van der Waals surface area contributed by atoms with E-state index in [-0.39, 0.29) is 6.03 Å². The summed E-state index contributed by atoms with van der Waals surface area (Å²) in [5.41, 5.74) is 4.17. The van der Waals surface area contributed by atoms with Gasteiger partial charge in [0.15, 0.2) is 0 Å². The van der Waals surface area contributed by atoms with Crippen molar-refractivity contribution in [2.24, 2.45) is 0 Å². The van der Waals surface area contributed by atoms with Gasteiger partial charge in [-0.05, 0) is 60.2 Å². The molecule has 0 saturated heterocycles. The van der Waals surface area contributed by atoms with Gasteiger partial charge in [0.05, 0.1) is 6.54 Å². The van der Waals surface area contributed by atoms with Crippen LogP contribution in [-0.2, 0) is 6.54 Å². The lowest BCUT2D eigenvalue weighted by Crippen LogP contribution is -2.34. The lowest BCUT2D eigenvalue weighted by atomic mass is 9.84. The highest BCUT2D eigenvalue weighted by atomic mass is 79.9. The van der Waals surface area contributed by atoms with Gasteiger partial charge in [0, 0.05) is 15.8 Å². The molecule has 1 N–H and O–H groups in total. The molecule has 0 heterocycles. The fourth-order valence-electron chi connectivity index (χ4n) is 4.17. The van der Waals surface area contributed by atoms with Crippen molar-refractivity contribution in [3.63, 3.8) is 0 Å². The van der Waals surface area contributed by atoms with E-state index in [9.17, 15) is 4.79 Å². The third-order valence-electron chi connectivity index (χ3n) is 5.79. The van der Waals surface area contributed by atoms with Gasteiger partial charge >= 0.3 is 6.03 Å². The van der Waals surface area contributed by atoms with Crippen LogP contribution in [0.4, 0.5) is 16.2 Å². The second-order valence-electron chi connectivity index (χ2n) is 7.94. The van der Waals surface area contributed by atoms with Crippen LogP contribution >= 0.6 is 15.9 Å². The summed E-state index contributed by atoms with van der Waals surface area (Å²) in [6.07, 6.45) is 6.55. The van der Waals surface area contributed by atoms with Crippen molar-refractivity contribution in [3.8, 4) is 0 Å². The summed E-state index contributed by atoms with van der Waals surface area (Å²) >= 11 is 3.47. The first kappa shape index (κ1) is 20.7. The molecule has 1 fully saturated rings. The molecule has 1 aliphatic rings. The molecule has 1 aliphatic carbocycles. The number of hydrogen-bond acceptors (Lipinski definition) is 1. The van der Waals surface area contributed by atoms with Crippen molar-refractivity contribution in [3.05, 3.63) is 94.5 Å². The smallest absolute Gasteiger partial charge is 0.307 e. The van der Waals surface area contributed by atoms with Crippen molar-refractivity contribution < 1.29 is 4.79 Å². The maximum Gasteiger partial charge on any atom is 0.326 e. The van der Waals surface area contributed by atoms with Gasteiger partial charge in [0.2, 0.25) is 0 Å². The molecule has 0 aliphatic heterocycles. The van der Waals surface area contributed by atoms with Crippen LogP contribution in [0.1, 0.15) is 49.1 Å². The predicted molar refractivity (Wildman–Crippen MR) is 128 cm³/mol. The quantitative estimate of drug-likeness (QED) is 0.413. The minimum atomic E-state index is -0.137. The summed E-state index contributed by atoms with van der Waals surface area (Å²) in [6.45, 7) is 0.517. The fraction of sp³-hybridized carbons (Fsp3) is 0.269. The van der Waals surface area contributed by atoms with Gasteiger partial charge in [0.1, 0.15) is 0 Å². The number of amides is 2. The number of rotatable bonds is 5. The first-order valence-corrected chi connectivity index (χ1v) is 11.5. The van der Waals surface area contributed by atoms with Crippen LogP contribution in [0, 0.1) is 0 Å². The zero-order valence-electron chi connectivity index (χ0n) is 17.1. The zero-order chi connectivity index (χ0) is 20.8. The van der Waals surface area contributed by atoms with Gasteiger partial charge in [-0.15, -0.1) is 0 Å². The Balaban J connectivity index is 1.57. The molecule has 0 aromatic heterocycles. The molecule has 3 nitrogen and oxygen atoms in total. The van der Waals surface area contributed by atoms with Gasteiger partial charge in [-0.3, -0.25) is 4.90 Å². The molecule has 2 amide bonds. The van der Waals surface area contributed by atoms with Crippen LogP contribution in [-0.4, -0.2) is 6.03 Å². The van der Waals surface area contributed by atoms with Crippen molar-refractivity contribution in [2.45, 2.75) is 44.6 Å². The largest absolute Gasteiger partial charge is 0.326 e. The molecule has 0 radical (unpaired) electrons. The average Bonchev–Trinajstić information content (AvgIpc) is 2.79. The second kappa shape index (κ2) is 9.94. The molecule has 0 unspecified atom stereocenters. The molecule has 30 heavy (non-hydrogen) atoms. The SMILES string of the molecule is O=C(Nc1cccc(Br)c1)N(Cc1ccccc1)c1ccc(C2CCCCC2)cc1. The number of carbonyl (C=O) groups is 1. The van der Waals surface area contributed by atoms with Gasteiger partial charge in [0.25, 0.3) is 0 Å². The maximum absolute atomic E-state index is 13.2. The maximum atomic E-state index is 13.2. The number of halogens is 1. The van der Waals surface area contributed by atoms with Crippen LogP contribution in [0.5, 0.6) is 0 Å². The second-order valence-corrected chi connectivity index (χ2v) is 8.85. The predicted octanol–water partition coefficient (Wildman–Crippen LogP) is 7.74. The summed E-state index contributed by atoms with van der Waals surface area (Å²) < 4.78 is 0.937. The summed E-state index contributed by atoms with van der Waals surface area (Å²) in [7, 11) is 0. The van der Waals surface area contributed by atoms with E-state index in [1.54, 1.807) is 4.90 Å². The summed E-state index contributed by atoms with van der Waals surface area (Å²) in [6, 6.07) is 26.2. The van der Waals surface area contributed by atoms with Crippen LogP contribution in [0.25, 0.3) is 0 Å². The Hall–Kier alpha value is -2.59. The van der Waals surface area contributed by atoms with Crippen molar-refractivity contribution in [2.75, 3.05) is 10.2 Å². The van der Waals surface area contributed by atoms with E-state index in [0.717, 1.165) is 21.4 Å². The first-order chi connectivity index (χ1) is 14.7. The lowest BCUT2D eigenvalue weighted by Gasteiger charge is -2.25. The average molecular weight is 463 g/mol. The van der Waals surface area contributed by atoms with E-state index in [4.69, 9.17) is 0 Å². The number of anilines is 2. The molecule has 4 rings (SSSR count). The molecule has 154 valence electrons. The first-order valence-electron chi connectivity index (χ1n) is 10.7. The molecule has 0 spiro atoms. The number of nitrogens with one attached hydrogen (secondary N) is 1. The van der Waals surface area contributed by atoms with E-state index in [0.29, 0.717) is 12.5 Å². The minimum absolute atomic E-state index is 0.137. The Morgan fingerprint density at radius 3 is 2.33 bits per heavy atom. The van der Waals surface area contributed by atoms with Crippen LogP contribution in [0.15, 0.2) is 83.3 Å². The van der Waals surface area contributed by atoms with E-state index >= 15 is 0 Å². The number of urea groups is 1. The van der Waals surface area contributed by atoms with Crippen LogP contribution in [0.2, 0.25) is 0 Å². The number of nitrogens with zero attached hydrogens (tertiary/aromatic N) is 1. The Labute approximate surface area is 187 Å². The molecular weight excluding hydrogens is 436 g/mol. The summed E-state index contributed by atoms with van der Waals surface area (Å²) in [5.74, 6) is 0.658.